The highest BCUT2D eigenvalue weighted by Gasteiger charge is 2.08. The molecule has 1 heterocycles. The summed E-state index contributed by atoms with van der Waals surface area (Å²) in [7, 11) is 3.79. The molecule has 0 amide bonds. The van der Waals surface area contributed by atoms with Crippen LogP contribution in [0.1, 0.15) is 12.6 Å². The fourth-order valence-electron chi connectivity index (χ4n) is 1.39. The van der Waals surface area contributed by atoms with E-state index in [1.807, 2.05) is 10.9 Å². The van der Waals surface area contributed by atoms with Gasteiger partial charge in [-0.25, -0.2) is 0 Å². The molecule has 0 fully saturated rings. The number of nitrogens with zero attached hydrogens (tertiary/aromatic N) is 4. The first-order valence-corrected chi connectivity index (χ1v) is 5.45. The van der Waals surface area contributed by atoms with E-state index in [9.17, 15) is 0 Å². The van der Waals surface area contributed by atoms with Crippen LogP contribution in [0.3, 0.4) is 0 Å². The highest BCUT2D eigenvalue weighted by Crippen LogP contribution is 1.97. The first kappa shape index (κ1) is 13.1. The SMILES string of the molecule is COCC(C)N(C)CCn1cc(CN)nn1. The molecule has 1 unspecified atom stereocenters. The van der Waals surface area contributed by atoms with Crippen LogP contribution < -0.4 is 5.73 Å². The number of hydrogen-bond acceptors (Lipinski definition) is 5. The van der Waals surface area contributed by atoms with Crippen molar-refractivity contribution >= 4 is 0 Å². The summed E-state index contributed by atoms with van der Waals surface area (Å²) in [5.41, 5.74) is 6.29. The van der Waals surface area contributed by atoms with E-state index >= 15 is 0 Å². The Labute approximate surface area is 96.4 Å². The molecule has 0 spiro atoms. The van der Waals surface area contributed by atoms with E-state index in [-0.39, 0.29) is 0 Å². The Morgan fingerprint density at radius 2 is 2.38 bits per heavy atom. The molecule has 92 valence electrons. The van der Waals surface area contributed by atoms with Gasteiger partial charge in [0.2, 0.25) is 0 Å². The van der Waals surface area contributed by atoms with Gasteiger partial charge >= 0.3 is 0 Å². The third-order valence-electron chi connectivity index (χ3n) is 2.64. The summed E-state index contributed by atoms with van der Waals surface area (Å²) in [6, 6.07) is 0.405. The molecule has 0 saturated heterocycles. The Kier molecular flexibility index (Phi) is 5.37. The van der Waals surface area contributed by atoms with Crippen molar-refractivity contribution in [2.45, 2.75) is 26.1 Å². The third-order valence-corrected chi connectivity index (χ3v) is 2.64. The van der Waals surface area contributed by atoms with Crippen LogP contribution in [0.25, 0.3) is 0 Å². The number of rotatable bonds is 7. The molecular formula is C10H21N5O. The third kappa shape index (κ3) is 3.88. The highest BCUT2D eigenvalue weighted by molar-refractivity contribution is 4.90. The van der Waals surface area contributed by atoms with Gasteiger partial charge in [-0.3, -0.25) is 9.58 Å². The van der Waals surface area contributed by atoms with Crippen molar-refractivity contribution in [3.8, 4) is 0 Å². The molecule has 0 radical (unpaired) electrons. The van der Waals surface area contributed by atoms with Crippen molar-refractivity contribution < 1.29 is 4.74 Å². The minimum atomic E-state index is 0.405. The second-order valence-electron chi connectivity index (χ2n) is 3.96. The van der Waals surface area contributed by atoms with E-state index in [1.165, 1.54) is 0 Å². The van der Waals surface area contributed by atoms with Gasteiger partial charge in [0, 0.05) is 32.4 Å². The lowest BCUT2D eigenvalue weighted by Gasteiger charge is -2.23. The maximum atomic E-state index is 5.46. The Hall–Kier alpha value is -0.980. The quantitative estimate of drug-likeness (QED) is 0.693. The predicted molar refractivity (Wildman–Crippen MR) is 61.9 cm³/mol. The van der Waals surface area contributed by atoms with Gasteiger partial charge in [-0.15, -0.1) is 5.10 Å². The first-order chi connectivity index (χ1) is 7.67. The molecule has 2 N–H and O–H groups in total. The predicted octanol–water partition coefficient (Wildman–Crippen LogP) is -0.296. The van der Waals surface area contributed by atoms with E-state index < -0.39 is 0 Å². The van der Waals surface area contributed by atoms with Crippen molar-refractivity contribution in [1.82, 2.24) is 19.9 Å². The standard InChI is InChI=1S/C10H21N5O/c1-9(8-16-3)14(2)4-5-15-7-10(6-11)12-13-15/h7,9H,4-6,8,11H2,1-3H3. The average molecular weight is 227 g/mol. The van der Waals surface area contributed by atoms with Crippen LogP contribution in [0.4, 0.5) is 0 Å². The zero-order valence-electron chi connectivity index (χ0n) is 10.3. The fourth-order valence-corrected chi connectivity index (χ4v) is 1.39. The largest absolute Gasteiger partial charge is 0.383 e. The number of likely N-dealkylation sites (N-methyl/N-ethyl adjacent to an activating group) is 1. The molecule has 6 heteroatoms. The zero-order chi connectivity index (χ0) is 12.0. The van der Waals surface area contributed by atoms with Crippen LogP contribution in [0.2, 0.25) is 0 Å². The Morgan fingerprint density at radius 3 is 2.94 bits per heavy atom. The van der Waals surface area contributed by atoms with Crippen molar-refractivity contribution in [3.63, 3.8) is 0 Å². The molecule has 0 aliphatic heterocycles. The molecule has 16 heavy (non-hydrogen) atoms. The maximum absolute atomic E-state index is 5.46. The minimum absolute atomic E-state index is 0.405. The van der Waals surface area contributed by atoms with E-state index in [2.05, 4.69) is 29.2 Å². The van der Waals surface area contributed by atoms with E-state index in [0.29, 0.717) is 12.6 Å². The van der Waals surface area contributed by atoms with Gasteiger partial charge in [0.1, 0.15) is 0 Å². The number of ether oxygens (including phenoxy) is 1. The summed E-state index contributed by atoms with van der Waals surface area (Å²) in [5.74, 6) is 0. The minimum Gasteiger partial charge on any atom is -0.383 e. The molecule has 0 saturated carbocycles. The van der Waals surface area contributed by atoms with Crippen molar-refractivity contribution in [3.05, 3.63) is 11.9 Å². The number of aromatic nitrogens is 3. The molecule has 0 bridgehead atoms. The van der Waals surface area contributed by atoms with Crippen molar-refractivity contribution in [2.24, 2.45) is 5.73 Å². The van der Waals surface area contributed by atoms with Crippen LogP contribution in [0, 0.1) is 0 Å². The molecule has 1 aromatic rings. The van der Waals surface area contributed by atoms with E-state index in [1.54, 1.807) is 7.11 Å². The van der Waals surface area contributed by atoms with Crippen LogP contribution in [0.5, 0.6) is 0 Å². The zero-order valence-corrected chi connectivity index (χ0v) is 10.3. The molecular weight excluding hydrogens is 206 g/mol. The number of hydrogen-bond donors (Lipinski definition) is 1. The molecule has 0 aliphatic rings. The van der Waals surface area contributed by atoms with Gasteiger partial charge in [0.25, 0.3) is 0 Å². The Morgan fingerprint density at radius 1 is 1.62 bits per heavy atom. The molecule has 1 atom stereocenters. The van der Waals surface area contributed by atoms with E-state index in [0.717, 1.165) is 25.4 Å². The fraction of sp³-hybridized carbons (Fsp3) is 0.800. The van der Waals surface area contributed by atoms with Gasteiger partial charge in [0.15, 0.2) is 0 Å². The second-order valence-corrected chi connectivity index (χ2v) is 3.96. The highest BCUT2D eigenvalue weighted by atomic mass is 16.5. The smallest absolute Gasteiger partial charge is 0.0962 e. The summed E-state index contributed by atoms with van der Waals surface area (Å²) in [5, 5.41) is 7.93. The van der Waals surface area contributed by atoms with Gasteiger partial charge in [-0.2, -0.15) is 0 Å². The van der Waals surface area contributed by atoms with Crippen molar-refractivity contribution in [2.75, 3.05) is 27.3 Å². The number of nitrogens with two attached hydrogens (primary N) is 1. The van der Waals surface area contributed by atoms with Crippen LogP contribution in [-0.2, 0) is 17.8 Å². The molecule has 0 aliphatic carbocycles. The summed E-state index contributed by atoms with van der Waals surface area (Å²) in [6.45, 7) is 5.05. The monoisotopic (exact) mass is 227 g/mol. The average Bonchev–Trinajstić information content (AvgIpc) is 2.74. The Balaban J connectivity index is 2.33. The van der Waals surface area contributed by atoms with Gasteiger partial charge in [-0.1, -0.05) is 5.21 Å². The Bertz CT molecular complexity index is 301. The normalized spacial score (nSPS) is 13.3. The lowest BCUT2D eigenvalue weighted by Crippen LogP contribution is -2.35. The van der Waals surface area contributed by atoms with Crippen molar-refractivity contribution in [1.29, 1.82) is 0 Å². The summed E-state index contributed by atoms with van der Waals surface area (Å²) in [4.78, 5) is 2.23. The lowest BCUT2D eigenvalue weighted by molar-refractivity contribution is 0.113. The topological polar surface area (TPSA) is 69.2 Å². The molecule has 0 aromatic carbocycles. The van der Waals surface area contributed by atoms with Crippen LogP contribution >= 0.6 is 0 Å². The molecule has 6 nitrogen and oxygen atoms in total. The van der Waals surface area contributed by atoms with Crippen LogP contribution in [0.15, 0.2) is 6.20 Å². The van der Waals surface area contributed by atoms with Crippen LogP contribution in [-0.4, -0.2) is 53.2 Å². The van der Waals surface area contributed by atoms with Gasteiger partial charge in [0.05, 0.1) is 18.8 Å². The summed E-state index contributed by atoms with van der Waals surface area (Å²) >= 11 is 0. The molecule has 1 aromatic heterocycles. The maximum Gasteiger partial charge on any atom is 0.0962 e. The number of methoxy groups -OCH3 is 1. The van der Waals surface area contributed by atoms with Gasteiger partial charge in [-0.05, 0) is 14.0 Å². The lowest BCUT2D eigenvalue weighted by atomic mass is 10.3. The first-order valence-electron chi connectivity index (χ1n) is 5.45. The van der Waals surface area contributed by atoms with Gasteiger partial charge < -0.3 is 10.5 Å². The molecule has 1 rings (SSSR count). The summed E-state index contributed by atoms with van der Waals surface area (Å²) in [6.07, 6.45) is 1.88. The van der Waals surface area contributed by atoms with E-state index in [4.69, 9.17) is 10.5 Å². The second kappa shape index (κ2) is 6.57. The summed E-state index contributed by atoms with van der Waals surface area (Å²) < 4.78 is 6.92.